The van der Waals surface area contributed by atoms with Crippen LogP contribution in [0.1, 0.15) is 19.3 Å². The van der Waals surface area contributed by atoms with E-state index in [4.69, 9.17) is 14.2 Å². The van der Waals surface area contributed by atoms with Crippen molar-refractivity contribution in [2.24, 2.45) is 0 Å². The van der Waals surface area contributed by atoms with Crippen LogP contribution in [0.4, 0.5) is 0 Å². The Bertz CT molecular complexity index is 200. The van der Waals surface area contributed by atoms with Crippen molar-refractivity contribution >= 4 is 22.6 Å². The smallest absolute Gasteiger partial charge is 0.109 e. The fraction of sp³-hybridized carbons (Fsp3) is 1.00. The molecule has 2 rings (SSSR count). The zero-order chi connectivity index (χ0) is 10.0. The quantitative estimate of drug-likeness (QED) is 0.575. The van der Waals surface area contributed by atoms with Crippen LogP contribution in [-0.2, 0) is 14.2 Å². The average Bonchev–Trinajstić information content (AvgIpc) is 2.63. The van der Waals surface area contributed by atoms with Gasteiger partial charge in [-0.2, -0.15) is 0 Å². The lowest BCUT2D eigenvalue weighted by Gasteiger charge is -2.39. The van der Waals surface area contributed by atoms with E-state index in [0.29, 0.717) is 12.7 Å². The van der Waals surface area contributed by atoms with Crippen LogP contribution in [0.25, 0.3) is 0 Å². The zero-order valence-corrected chi connectivity index (χ0v) is 10.7. The first-order valence-corrected chi connectivity index (χ1v) is 6.67. The van der Waals surface area contributed by atoms with E-state index in [1.54, 1.807) is 7.11 Å². The van der Waals surface area contributed by atoms with E-state index < -0.39 is 0 Å². The summed E-state index contributed by atoms with van der Waals surface area (Å²) in [6.45, 7) is 1.50. The fourth-order valence-electron chi connectivity index (χ4n) is 2.42. The van der Waals surface area contributed by atoms with Crippen LogP contribution in [-0.4, -0.2) is 42.6 Å². The Labute approximate surface area is 98.6 Å². The molecule has 0 saturated carbocycles. The first kappa shape index (κ1) is 11.1. The summed E-state index contributed by atoms with van der Waals surface area (Å²) in [4.78, 5) is 0. The molecule has 2 fully saturated rings. The monoisotopic (exact) mass is 312 g/mol. The van der Waals surface area contributed by atoms with Crippen molar-refractivity contribution in [2.45, 2.75) is 37.1 Å². The van der Waals surface area contributed by atoms with Gasteiger partial charge in [0.15, 0.2) is 0 Å². The van der Waals surface area contributed by atoms with Crippen molar-refractivity contribution in [3.05, 3.63) is 0 Å². The summed E-state index contributed by atoms with van der Waals surface area (Å²) in [5.74, 6) is 0. The van der Waals surface area contributed by atoms with Crippen molar-refractivity contribution in [1.29, 1.82) is 0 Å². The minimum Gasteiger partial charge on any atom is -0.379 e. The van der Waals surface area contributed by atoms with E-state index in [9.17, 15) is 0 Å². The predicted molar refractivity (Wildman–Crippen MR) is 62.0 cm³/mol. The third-order valence-electron chi connectivity index (χ3n) is 3.27. The molecular formula is C10H17IO3. The van der Waals surface area contributed by atoms with Gasteiger partial charge in [0.1, 0.15) is 6.10 Å². The van der Waals surface area contributed by atoms with Crippen molar-refractivity contribution < 1.29 is 14.2 Å². The van der Waals surface area contributed by atoms with Gasteiger partial charge >= 0.3 is 0 Å². The highest BCUT2D eigenvalue weighted by Crippen LogP contribution is 2.40. The molecule has 82 valence electrons. The van der Waals surface area contributed by atoms with Gasteiger partial charge in [0.05, 0.1) is 18.3 Å². The summed E-state index contributed by atoms with van der Waals surface area (Å²) in [6.07, 6.45) is 3.83. The molecule has 0 aromatic heterocycles. The second-order valence-corrected chi connectivity index (χ2v) is 4.93. The molecule has 0 bridgehead atoms. The Morgan fingerprint density at radius 3 is 3.00 bits per heavy atom. The third-order valence-corrected chi connectivity index (χ3v) is 4.26. The zero-order valence-electron chi connectivity index (χ0n) is 8.50. The Morgan fingerprint density at radius 2 is 2.36 bits per heavy atom. The van der Waals surface area contributed by atoms with Crippen LogP contribution in [0.15, 0.2) is 0 Å². The number of hydrogen-bond acceptors (Lipinski definition) is 3. The molecule has 2 heterocycles. The molecular weight excluding hydrogens is 295 g/mol. The normalized spacial score (nSPS) is 43.3. The minimum atomic E-state index is -0.0389. The summed E-state index contributed by atoms with van der Waals surface area (Å²) in [7, 11) is 1.75. The summed E-state index contributed by atoms with van der Waals surface area (Å²) in [5, 5.41) is 0. The number of rotatable bonds is 2. The molecule has 0 N–H and O–H groups in total. The molecule has 0 aromatic carbocycles. The molecule has 14 heavy (non-hydrogen) atoms. The molecule has 2 aliphatic heterocycles. The number of ether oxygens (including phenoxy) is 3. The summed E-state index contributed by atoms with van der Waals surface area (Å²) in [6, 6.07) is 0. The Hall–Kier alpha value is 0.610. The van der Waals surface area contributed by atoms with E-state index >= 15 is 0 Å². The van der Waals surface area contributed by atoms with Gasteiger partial charge in [0.2, 0.25) is 0 Å². The van der Waals surface area contributed by atoms with Crippen LogP contribution in [0, 0.1) is 0 Å². The lowest BCUT2D eigenvalue weighted by Crippen LogP contribution is -2.50. The van der Waals surface area contributed by atoms with Crippen LogP contribution in [0.3, 0.4) is 0 Å². The lowest BCUT2D eigenvalue weighted by molar-refractivity contribution is -0.181. The highest BCUT2D eigenvalue weighted by molar-refractivity contribution is 14.1. The fourth-order valence-corrected chi connectivity index (χ4v) is 3.04. The molecule has 2 aliphatic rings. The molecule has 3 atom stereocenters. The van der Waals surface area contributed by atoms with Crippen molar-refractivity contribution in [3.8, 4) is 0 Å². The largest absolute Gasteiger partial charge is 0.379 e. The lowest BCUT2D eigenvalue weighted by atomic mass is 9.88. The molecule has 1 spiro atoms. The summed E-state index contributed by atoms with van der Waals surface area (Å²) in [5.41, 5.74) is -0.0389. The van der Waals surface area contributed by atoms with Crippen LogP contribution in [0.5, 0.6) is 0 Å². The Morgan fingerprint density at radius 1 is 1.50 bits per heavy atom. The molecule has 3 unspecified atom stereocenters. The molecule has 0 amide bonds. The standard InChI is InChI=1S/C10H17IO3/c1-12-9-7-13-5-4-10(9)3-2-8(6-11)14-10/h8-9H,2-7H2,1H3. The number of halogens is 1. The Kier molecular flexibility index (Phi) is 3.68. The van der Waals surface area contributed by atoms with Crippen LogP contribution >= 0.6 is 22.6 Å². The second-order valence-electron chi connectivity index (χ2n) is 4.05. The summed E-state index contributed by atoms with van der Waals surface area (Å²) < 4.78 is 18.1. The molecule has 3 nitrogen and oxygen atoms in total. The van der Waals surface area contributed by atoms with Crippen molar-refractivity contribution in [1.82, 2.24) is 0 Å². The van der Waals surface area contributed by atoms with E-state index in [1.807, 2.05) is 0 Å². The van der Waals surface area contributed by atoms with Crippen LogP contribution in [0.2, 0.25) is 0 Å². The SMILES string of the molecule is COC1COCCC12CCC(CI)O2. The van der Waals surface area contributed by atoms with Gasteiger partial charge < -0.3 is 14.2 Å². The van der Waals surface area contributed by atoms with E-state index in [0.717, 1.165) is 23.9 Å². The van der Waals surface area contributed by atoms with Gasteiger partial charge in [-0.1, -0.05) is 22.6 Å². The molecule has 0 aliphatic carbocycles. The maximum atomic E-state index is 6.13. The van der Waals surface area contributed by atoms with Gasteiger partial charge in [-0.25, -0.2) is 0 Å². The predicted octanol–water partition coefficient (Wildman–Crippen LogP) is 1.77. The Balaban J connectivity index is 2.05. The minimum absolute atomic E-state index is 0.0389. The molecule has 0 radical (unpaired) electrons. The highest BCUT2D eigenvalue weighted by Gasteiger charge is 2.48. The van der Waals surface area contributed by atoms with Gasteiger partial charge in [0.25, 0.3) is 0 Å². The highest BCUT2D eigenvalue weighted by atomic mass is 127. The second kappa shape index (κ2) is 4.63. The number of hydrogen-bond donors (Lipinski definition) is 0. The van der Waals surface area contributed by atoms with E-state index in [2.05, 4.69) is 22.6 Å². The molecule has 2 saturated heterocycles. The molecule has 0 aromatic rings. The topological polar surface area (TPSA) is 27.7 Å². The van der Waals surface area contributed by atoms with Crippen LogP contribution < -0.4 is 0 Å². The van der Waals surface area contributed by atoms with Crippen molar-refractivity contribution in [2.75, 3.05) is 24.8 Å². The maximum absolute atomic E-state index is 6.13. The molecule has 4 heteroatoms. The van der Waals surface area contributed by atoms with Gasteiger partial charge in [-0.3, -0.25) is 0 Å². The van der Waals surface area contributed by atoms with Crippen molar-refractivity contribution in [3.63, 3.8) is 0 Å². The first-order valence-electron chi connectivity index (χ1n) is 5.15. The summed E-state index contributed by atoms with van der Waals surface area (Å²) >= 11 is 2.39. The van der Waals surface area contributed by atoms with Gasteiger partial charge in [0, 0.05) is 24.6 Å². The van der Waals surface area contributed by atoms with Gasteiger partial charge in [-0.15, -0.1) is 0 Å². The number of alkyl halides is 1. The maximum Gasteiger partial charge on any atom is 0.109 e. The number of methoxy groups -OCH3 is 1. The average molecular weight is 312 g/mol. The van der Waals surface area contributed by atoms with E-state index in [-0.39, 0.29) is 11.7 Å². The first-order chi connectivity index (χ1) is 6.80. The van der Waals surface area contributed by atoms with Gasteiger partial charge in [-0.05, 0) is 12.8 Å². The van der Waals surface area contributed by atoms with E-state index in [1.165, 1.54) is 6.42 Å². The third kappa shape index (κ3) is 1.94.